The Morgan fingerprint density at radius 3 is 2.75 bits per heavy atom. The Bertz CT molecular complexity index is 636. The van der Waals surface area contributed by atoms with Gasteiger partial charge in [0.05, 0.1) is 18.7 Å². The fourth-order valence-corrected chi connectivity index (χ4v) is 2.94. The van der Waals surface area contributed by atoms with E-state index in [1.54, 1.807) is 0 Å². The van der Waals surface area contributed by atoms with Crippen LogP contribution in [0.15, 0.2) is 18.2 Å². The average Bonchev–Trinajstić information content (AvgIpc) is 2.46. The first kappa shape index (κ1) is 13.8. The predicted octanol–water partition coefficient (Wildman–Crippen LogP) is 1.92. The molecule has 3 nitrogen and oxygen atoms in total. The molecule has 1 fully saturated rings. The zero-order valence-electron chi connectivity index (χ0n) is 12.0. The van der Waals surface area contributed by atoms with Crippen LogP contribution in [0.5, 0.6) is 0 Å². The molecule has 0 unspecified atom stereocenters. The Kier molecular flexibility index (Phi) is 3.92. The summed E-state index contributed by atoms with van der Waals surface area (Å²) >= 11 is 6.39. The summed E-state index contributed by atoms with van der Waals surface area (Å²) in [6.07, 6.45) is 0. The minimum absolute atomic E-state index is 0.644. The smallest absolute Gasteiger partial charge is 0.138 e. The van der Waals surface area contributed by atoms with Crippen LogP contribution in [0.2, 0.25) is 5.15 Å². The second-order valence-corrected chi connectivity index (χ2v) is 5.91. The molecule has 0 atom stereocenters. The van der Waals surface area contributed by atoms with E-state index in [1.165, 1.54) is 21.4 Å². The van der Waals surface area contributed by atoms with Gasteiger partial charge in [0.1, 0.15) is 24.8 Å². The molecule has 3 rings (SSSR count). The summed E-state index contributed by atoms with van der Waals surface area (Å²) in [5.74, 6) is 0. The van der Waals surface area contributed by atoms with Crippen LogP contribution in [0.3, 0.4) is 0 Å². The summed E-state index contributed by atoms with van der Waals surface area (Å²) in [7, 11) is 0. The summed E-state index contributed by atoms with van der Waals surface area (Å²) < 4.78 is 5.40. The van der Waals surface area contributed by atoms with Gasteiger partial charge in [-0.3, -0.25) is 0 Å². The molecule has 20 heavy (non-hydrogen) atoms. The predicted molar refractivity (Wildman–Crippen MR) is 81.4 cm³/mol. The van der Waals surface area contributed by atoms with Crippen molar-refractivity contribution in [1.82, 2.24) is 4.98 Å². The highest BCUT2D eigenvalue weighted by atomic mass is 35.5. The topological polar surface area (TPSA) is 26.6 Å². The van der Waals surface area contributed by atoms with Crippen LogP contribution in [-0.2, 0) is 11.3 Å². The fraction of sp³-hybridized carbons (Fsp3) is 0.438. The maximum absolute atomic E-state index is 6.39. The summed E-state index contributed by atoms with van der Waals surface area (Å²) in [5.41, 5.74) is 4.64. The van der Waals surface area contributed by atoms with Crippen molar-refractivity contribution < 1.29 is 9.64 Å². The molecule has 2 aromatic rings. The number of rotatable bonds is 2. The van der Waals surface area contributed by atoms with Crippen molar-refractivity contribution in [3.8, 4) is 0 Å². The number of fused-ring (bicyclic) bond motifs is 1. The quantitative estimate of drug-likeness (QED) is 0.856. The second kappa shape index (κ2) is 5.68. The lowest BCUT2D eigenvalue weighted by atomic mass is 10.0. The number of quaternary nitrogens is 1. The number of nitrogens with zero attached hydrogens (tertiary/aromatic N) is 1. The Balaban J connectivity index is 1.95. The van der Waals surface area contributed by atoms with Gasteiger partial charge in [0.15, 0.2) is 0 Å². The number of morpholine rings is 1. The lowest BCUT2D eigenvalue weighted by Gasteiger charge is -2.24. The Morgan fingerprint density at radius 2 is 2.00 bits per heavy atom. The van der Waals surface area contributed by atoms with E-state index in [1.807, 2.05) is 0 Å². The van der Waals surface area contributed by atoms with Crippen LogP contribution in [-0.4, -0.2) is 31.3 Å². The first-order chi connectivity index (χ1) is 9.65. The normalized spacial score (nSPS) is 16.8. The largest absolute Gasteiger partial charge is 0.370 e. The molecule has 1 N–H and O–H groups in total. The van der Waals surface area contributed by atoms with Crippen molar-refractivity contribution in [1.29, 1.82) is 0 Å². The number of aryl methyl sites for hydroxylation is 2. The highest BCUT2D eigenvalue weighted by Crippen LogP contribution is 2.24. The number of hydrogen-bond acceptors (Lipinski definition) is 2. The fourth-order valence-electron chi connectivity index (χ4n) is 2.73. The monoisotopic (exact) mass is 291 g/mol. The van der Waals surface area contributed by atoms with Crippen LogP contribution in [0.1, 0.15) is 16.7 Å². The Labute approximate surface area is 124 Å². The molecule has 1 aromatic heterocycles. The van der Waals surface area contributed by atoms with E-state index in [9.17, 15) is 0 Å². The third kappa shape index (κ3) is 2.66. The maximum Gasteiger partial charge on any atom is 0.138 e. The molecule has 0 amide bonds. The average molecular weight is 292 g/mol. The molecule has 0 radical (unpaired) electrons. The minimum atomic E-state index is 0.644. The number of halogens is 1. The summed E-state index contributed by atoms with van der Waals surface area (Å²) in [6.45, 7) is 8.91. The number of ether oxygens (including phenoxy) is 1. The van der Waals surface area contributed by atoms with E-state index < -0.39 is 0 Å². The standard InChI is InChI=1S/C16H19ClN2O/c1-11-3-4-13-9-14(10-19-5-7-20-8-6-19)16(17)18-15(13)12(11)2/h3-4,9H,5-8,10H2,1-2H3/p+1. The van der Waals surface area contributed by atoms with Gasteiger partial charge in [-0.1, -0.05) is 23.7 Å². The van der Waals surface area contributed by atoms with Crippen molar-refractivity contribution >= 4 is 22.5 Å². The van der Waals surface area contributed by atoms with Gasteiger partial charge in [-0.25, -0.2) is 4.98 Å². The number of pyridine rings is 1. The van der Waals surface area contributed by atoms with Gasteiger partial charge in [-0.2, -0.15) is 0 Å². The van der Waals surface area contributed by atoms with Crippen LogP contribution in [0.25, 0.3) is 10.9 Å². The molecule has 0 spiro atoms. The minimum Gasteiger partial charge on any atom is -0.370 e. The van der Waals surface area contributed by atoms with E-state index in [-0.39, 0.29) is 0 Å². The molecule has 0 aliphatic carbocycles. The first-order valence-electron chi connectivity index (χ1n) is 7.12. The zero-order chi connectivity index (χ0) is 14.1. The van der Waals surface area contributed by atoms with Crippen molar-refractivity contribution in [2.24, 2.45) is 0 Å². The SMILES string of the molecule is Cc1ccc2cc(C[NH+]3CCOCC3)c(Cl)nc2c1C. The summed E-state index contributed by atoms with van der Waals surface area (Å²) in [5, 5.41) is 1.82. The highest BCUT2D eigenvalue weighted by molar-refractivity contribution is 6.30. The van der Waals surface area contributed by atoms with E-state index in [0.29, 0.717) is 5.15 Å². The second-order valence-electron chi connectivity index (χ2n) is 5.56. The van der Waals surface area contributed by atoms with E-state index >= 15 is 0 Å². The number of benzene rings is 1. The van der Waals surface area contributed by atoms with Crippen LogP contribution in [0, 0.1) is 13.8 Å². The molecular formula is C16H20ClN2O+. The third-order valence-corrected chi connectivity index (χ3v) is 4.51. The lowest BCUT2D eigenvalue weighted by molar-refractivity contribution is -0.921. The number of nitrogens with one attached hydrogen (secondary N) is 1. The van der Waals surface area contributed by atoms with Crippen LogP contribution in [0.4, 0.5) is 0 Å². The molecule has 4 heteroatoms. The van der Waals surface area contributed by atoms with Gasteiger partial charge in [-0.15, -0.1) is 0 Å². The van der Waals surface area contributed by atoms with Crippen LogP contribution >= 0.6 is 11.6 Å². The van der Waals surface area contributed by atoms with Gasteiger partial charge in [-0.05, 0) is 31.0 Å². The molecule has 1 aliphatic heterocycles. The van der Waals surface area contributed by atoms with Gasteiger partial charge >= 0.3 is 0 Å². The van der Waals surface area contributed by atoms with E-state index in [0.717, 1.165) is 43.9 Å². The van der Waals surface area contributed by atoms with Gasteiger partial charge < -0.3 is 9.64 Å². The molecule has 0 bridgehead atoms. The zero-order valence-corrected chi connectivity index (χ0v) is 12.8. The van der Waals surface area contributed by atoms with Crippen molar-refractivity contribution in [2.45, 2.75) is 20.4 Å². The Morgan fingerprint density at radius 1 is 1.25 bits per heavy atom. The lowest BCUT2D eigenvalue weighted by Crippen LogP contribution is -3.12. The van der Waals surface area contributed by atoms with Crippen molar-refractivity contribution in [3.05, 3.63) is 40.0 Å². The third-order valence-electron chi connectivity index (χ3n) is 4.18. The molecule has 0 saturated carbocycles. The summed E-state index contributed by atoms with van der Waals surface area (Å²) in [6, 6.07) is 6.48. The van der Waals surface area contributed by atoms with Gasteiger partial charge in [0.2, 0.25) is 0 Å². The van der Waals surface area contributed by atoms with Gasteiger partial charge in [0.25, 0.3) is 0 Å². The molecule has 1 aromatic carbocycles. The first-order valence-corrected chi connectivity index (χ1v) is 7.49. The summed E-state index contributed by atoms with van der Waals surface area (Å²) in [4.78, 5) is 6.14. The molecule has 1 aliphatic rings. The number of hydrogen-bond donors (Lipinski definition) is 1. The Hall–Kier alpha value is -1.16. The van der Waals surface area contributed by atoms with Gasteiger partial charge in [0, 0.05) is 10.9 Å². The molecular weight excluding hydrogens is 272 g/mol. The van der Waals surface area contributed by atoms with Crippen LogP contribution < -0.4 is 4.90 Å². The highest BCUT2D eigenvalue weighted by Gasteiger charge is 2.17. The molecule has 106 valence electrons. The van der Waals surface area contributed by atoms with Crippen molar-refractivity contribution in [3.63, 3.8) is 0 Å². The van der Waals surface area contributed by atoms with E-state index in [2.05, 4.69) is 37.0 Å². The molecule has 1 saturated heterocycles. The maximum atomic E-state index is 6.39. The van der Waals surface area contributed by atoms with Crippen molar-refractivity contribution in [2.75, 3.05) is 26.3 Å². The van der Waals surface area contributed by atoms with E-state index in [4.69, 9.17) is 16.3 Å². The number of aromatic nitrogens is 1. The molecule has 2 heterocycles.